The van der Waals surface area contributed by atoms with Crippen LogP contribution in [0.25, 0.3) is 0 Å². The first-order chi connectivity index (χ1) is 9.22. The summed E-state index contributed by atoms with van der Waals surface area (Å²) in [5.74, 6) is 0.0339. The van der Waals surface area contributed by atoms with Crippen LogP contribution < -0.4 is 5.32 Å². The molecule has 0 aromatic heterocycles. The average molecular weight is 269 g/mol. The lowest BCUT2D eigenvalue weighted by Gasteiger charge is -2.17. The molecule has 0 saturated carbocycles. The number of carbonyl (C=O) groups excluding carboxylic acids is 1. The van der Waals surface area contributed by atoms with Gasteiger partial charge in [-0.3, -0.25) is 0 Å². The number of carbonyl (C=O) groups is 1. The maximum atomic E-state index is 11.5. The molecule has 4 nitrogen and oxygen atoms in total. The zero-order valence-corrected chi connectivity index (χ0v) is 12.4. The number of hydrogen-bond acceptors (Lipinski definition) is 4. The predicted molar refractivity (Wildman–Crippen MR) is 75.8 cm³/mol. The van der Waals surface area contributed by atoms with Crippen LogP contribution in [0.1, 0.15) is 46.0 Å². The Morgan fingerprint density at radius 3 is 2.79 bits per heavy atom. The summed E-state index contributed by atoms with van der Waals surface area (Å²) >= 11 is 0. The number of hydrogen-bond donors (Lipinski definition) is 1. The van der Waals surface area contributed by atoms with Crippen LogP contribution in [0.3, 0.4) is 0 Å². The van der Waals surface area contributed by atoms with E-state index in [2.05, 4.69) is 12.2 Å². The van der Waals surface area contributed by atoms with Gasteiger partial charge in [0, 0.05) is 31.3 Å². The zero-order valence-electron chi connectivity index (χ0n) is 12.4. The molecule has 1 N–H and O–H groups in total. The fourth-order valence-electron chi connectivity index (χ4n) is 2.54. The normalized spacial score (nSPS) is 24.5. The molecule has 1 aliphatic heterocycles. The highest BCUT2D eigenvalue weighted by molar-refractivity contribution is 5.82. The van der Waals surface area contributed by atoms with Gasteiger partial charge in [0.25, 0.3) is 0 Å². The fraction of sp³-hybridized carbons (Fsp3) is 0.800. The van der Waals surface area contributed by atoms with Crippen molar-refractivity contribution >= 4 is 5.97 Å². The van der Waals surface area contributed by atoms with Crippen LogP contribution in [0.2, 0.25) is 0 Å². The van der Waals surface area contributed by atoms with Crippen LogP contribution in [0.4, 0.5) is 0 Å². The standard InChI is InChI=1S/C15H27NO3/c1-4-6-7-8-9-12-13(10-15(17)19-5-2)16-11-14(12)18-3/h10,12,14,16H,4-9,11H2,1-3H3/b13-10-/t12-,14-/m1/s1. The highest BCUT2D eigenvalue weighted by atomic mass is 16.5. The van der Waals surface area contributed by atoms with Crippen molar-refractivity contribution in [3.8, 4) is 0 Å². The molecule has 2 atom stereocenters. The summed E-state index contributed by atoms with van der Waals surface area (Å²) in [5.41, 5.74) is 0.974. The predicted octanol–water partition coefficient (Wildman–Crippen LogP) is 2.64. The number of methoxy groups -OCH3 is 1. The van der Waals surface area contributed by atoms with Crippen LogP contribution in [-0.4, -0.2) is 32.3 Å². The number of ether oxygens (including phenoxy) is 2. The monoisotopic (exact) mass is 269 g/mol. The Hall–Kier alpha value is -1.03. The number of rotatable bonds is 8. The molecular weight excluding hydrogens is 242 g/mol. The quantitative estimate of drug-likeness (QED) is 0.418. The zero-order chi connectivity index (χ0) is 14.1. The largest absolute Gasteiger partial charge is 0.463 e. The maximum absolute atomic E-state index is 11.5. The molecule has 0 aliphatic carbocycles. The Morgan fingerprint density at radius 2 is 2.16 bits per heavy atom. The average Bonchev–Trinajstić information content (AvgIpc) is 2.77. The first-order valence-corrected chi connectivity index (χ1v) is 7.37. The highest BCUT2D eigenvalue weighted by Crippen LogP contribution is 2.27. The Balaban J connectivity index is 2.55. The third-order valence-corrected chi connectivity index (χ3v) is 3.59. The van der Waals surface area contributed by atoms with Gasteiger partial charge < -0.3 is 14.8 Å². The molecule has 1 saturated heterocycles. The molecule has 4 heteroatoms. The topological polar surface area (TPSA) is 47.6 Å². The summed E-state index contributed by atoms with van der Waals surface area (Å²) in [6.45, 7) is 5.22. The summed E-state index contributed by atoms with van der Waals surface area (Å²) in [6.07, 6.45) is 7.76. The molecule has 0 aromatic rings. The summed E-state index contributed by atoms with van der Waals surface area (Å²) in [5, 5.41) is 3.27. The summed E-state index contributed by atoms with van der Waals surface area (Å²) in [7, 11) is 1.73. The van der Waals surface area contributed by atoms with Gasteiger partial charge in [-0.25, -0.2) is 4.79 Å². The van der Waals surface area contributed by atoms with Gasteiger partial charge in [0.2, 0.25) is 0 Å². The SMILES string of the molecule is CCCCCC[C@@H]1/C(=C/C(=O)OCC)NC[C@H]1OC. The molecule has 0 radical (unpaired) electrons. The number of unbranched alkanes of at least 4 members (excludes halogenated alkanes) is 3. The molecule has 0 amide bonds. The van der Waals surface area contributed by atoms with Gasteiger partial charge in [-0.1, -0.05) is 32.6 Å². The van der Waals surface area contributed by atoms with Gasteiger partial charge in [-0.05, 0) is 13.3 Å². The van der Waals surface area contributed by atoms with E-state index >= 15 is 0 Å². The van der Waals surface area contributed by atoms with Crippen molar-refractivity contribution in [3.05, 3.63) is 11.8 Å². The van der Waals surface area contributed by atoms with E-state index in [0.29, 0.717) is 12.5 Å². The molecular formula is C15H27NO3. The number of esters is 1. The van der Waals surface area contributed by atoms with E-state index in [9.17, 15) is 4.79 Å². The second-order valence-corrected chi connectivity index (χ2v) is 4.96. The van der Waals surface area contributed by atoms with Gasteiger partial charge in [-0.15, -0.1) is 0 Å². The molecule has 1 heterocycles. The van der Waals surface area contributed by atoms with E-state index in [1.165, 1.54) is 25.7 Å². The summed E-state index contributed by atoms with van der Waals surface area (Å²) in [4.78, 5) is 11.5. The molecule has 1 aliphatic rings. The van der Waals surface area contributed by atoms with Gasteiger partial charge in [0.05, 0.1) is 12.7 Å². The van der Waals surface area contributed by atoms with E-state index in [0.717, 1.165) is 18.7 Å². The molecule has 0 bridgehead atoms. The van der Waals surface area contributed by atoms with Crippen LogP contribution in [0, 0.1) is 5.92 Å². The van der Waals surface area contributed by atoms with Crippen molar-refractivity contribution < 1.29 is 14.3 Å². The summed E-state index contributed by atoms with van der Waals surface area (Å²) < 4.78 is 10.5. The second-order valence-electron chi connectivity index (χ2n) is 4.96. The Kier molecular flexibility index (Phi) is 7.56. The van der Waals surface area contributed by atoms with Crippen molar-refractivity contribution in [3.63, 3.8) is 0 Å². The molecule has 1 fully saturated rings. The molecule has 0 unspecified atom stereocenters. The van der Waals surface area contributed by atoms with E-state index in [1.807, 2.05) is 6.92 Å². The van der Waals surface area contributed by atoms with Crippen molar-refractivity contribution in [2.24, 2.45) is 5.92 Å². The summed E-state index contributed by atoms with van der Waals surface area (Å²) in [6, 6.07) is 0. The maximum Gasteiger partial charge on any atom is 0.332 e. The molecule has 0 spiro atoms. The minimum atomic E-state index is -0.264. The fourth-order valence-corrected chi connectivity index (χ4v) is 2.54. The third kappa shape index (κ3) is 5.23. The lowest BCUT2D eigenvalue weighted by Crippen LogP contribution is -2.20. The van der Waals surface area contributed by atoms with Crippen molar-refractivity contribution in [1.82, 2.24) is 5.32 Å². The Morgan fingerprint density at radius 1 is 1.37 bits per heavy atom. The first-order valence-electron chi connectivity index (χ1n) is 7.37. The van der Waals surface area contributed by atoms with E-state index in [-0.39, 0.29) is 12.1 Å². The van der Waals surface area contributed by atoms with Crippen LogP contribution in [-0.2, 0) is 14.3 Å². The number of nitrogens with one attached hydrogen (secondary N) is 1. The first kappa shape index (κ1) is 16.0. The van der Waals surface area contributed by atoms with Crippen LogP contribution >= 0.6 is 0 Å². The van der Waals surface area contributed by atoms with Gasteiger partial charge >= 0.3 is 5.97 Å². The van der Waals surface area contributed by atoms with Crippen molar-refractivity contribution in [2.75, 3.05) is 20.3 Å². The van der Waals surface area contributed by atoms with Gasteiger partial charge in [0.1, 0.15) is 0 Å². The Labute approximate surface area is 116 Å². The lowest BCUT2D eigenvalue weighted by molar-refractivity contribution is -0.137. The van der Waals surface area contributed by atoms with E-state index in [1.54, 1.807) is 13.2 Å². The third-order valence-electron chi connectivity index (χ3n) is 3.59. The van der Waals surface area contributed by atoms with Gasteiger partial charge in [0.15, 0.2) is 0 Å². The van der Waals surface area contributed by atoms with Gasteiger partial charge in [-0.2, -0.15) is 0 Å². The van der Waals surface area contributed by atoms with E-state index in [4.69, 9.17) is 9.47 Å². The minimum Gasteiger partial charge on any atom is -0.463 e. The minimum absolute atomic E-state index is 0.169. The molecule has 110 valence electrons. The smallest absolute Gasteiger partial charge is 0.332 e. The molecule has 19 heavy (non-hydrogen) atoms. The Bertz CT molecular complexity index is 302. The van der Waals surface area contributed by atoms with Crippen LogP contribution in [0.5, 0.6) is 0 Å². The van der Waals surface area contributed by atoms with Crippen LogP contribution in [0.15, 0.2) is 11.8 Å². The molecule has 1 rings (SSSR count). The van der Waals surface area contributed by atoms with Crippen molar-refractivity contribution in [2.45, 2.75) is 52.1 Å². The van der Waals surface area contributed by atoms with E-state index < -0.39 is 0 Å². The highest BCUT2D eigenvalue weighted by Gasteiger charge is 2.31. The second kappa shape index (κ2) is 8.97. The molecule has 0 aromatic carbocycles. The van der Waals surface area contributed by atoms with Crippen molar-refractivity contribution in [1.29, 1.82) is 0 Å². The lowest BCUT2D eigenvalue weighted by atomic mass is 9.95.